The van der Waals surface area contributed by atoms with E-state index in [0.717, 1.165) is 59.6 Å². The van der Waals surface area contributed by atoms with Crippen molar-refractivity contribution in [3.05, 3.63) is 35.6 Å². The number of carbonyl (C=O) groups excluding carboxylic acids is 1. The van der Waals surface area contributed by atoms with E-state index in [1.807, 2.05) is 24.5 Å². The molecular formula is C18H23N5OS. The number of nitrogens with one attached hydrogen (secondary N) is 2. The van der Waals surface area contributed by atoms with Crippen molar-refractivity contribution in [1.29, 1.82) is 0 Å². The minimum absolute atomic E-state index is 0.00332. The molecule has 0 bridgehead atoms. The van der Waals surface area contributed by atoms with E-state index in [9.17, 15) is 4.79 Å². The lowest BCUT2D eigenvalue weighted by atomic mass is 9.91. The smallest absolute Gasteiger partial charge is 0.259 e. The van der Waals surface area contributed by atoms with Crippen molar-refractivity contribution < 1.29 is 4.79 Å². The summed E-state index contributed by atoms with van der Waals surface area (Å²) < 4.78 is 0. The van der Waals surface area contributed by atoms with Crippen LogP contribution in [0.25, 0.3) is 11.0 Å². The van der Waals surface area contributed by atoms with Gasteiger partial charge >= 0.3 is 0 Å². The Labute approximate surface area is 151 Å². The van der Waals surface area contributed by atoms with Gasteiger partial charge in [-0.15, -0.1) is 11.8 Å². The molecule has 2 aliphatic rings. The van der Waals surface area contributed by atoms with Gasteiger partial charge in [-0.3, -0.25) is 4.79 Å². The monoisotopic (exact) mass is 357 g/mol. The molecule has 2 unspecified atom stereocenters. The van der Waals surface area contributed by atoms with E-state index >= 15 is 0 Å². The zero-order valence-electron chi connectivity index (χ0n) is 14.1. The van der Waals surface area contributed by atoms with Gasteiger partial charge in [0.15, 0.2) is 0 Å². The normalized spacial score (nSPS) is 24.2. The Hall–Kier alpha value is -1.99. The third kappa shape index (κ3) is 3.39. The molecule has 4 N–H and O–H groups in total. The third-order valence-corrected chi connectivity index (χ3v) is 5.96. The molecule has 7 heteroatoms. The van der Waals surface area contributed by atoms with Gasteiger partial charge in [0.2, 0.25) is 0 Å². The van der Waals surface area contributed by atoms with Gasteiger partial charge in [0.25, 0.3) is 5.91 Å². The molecule has 1 aliphatic carbocycles. The highest BCUT2D eigenvalue weighted by Gasteiger charge is 2.26. The highest BCUT2D eigenvalue weighted by atomic mass is 32.2. The molecule has 0 saturated heterocycles. The summed E-state index contributed by atoms with van der Waals surface area (Å²) in [6, 6.07) is 4.18. The summed E-state index contributed by atoms with van der Waals surface area (Å²) in [5.41, 5.74) is 8.10. The Kier molecular flexibility index (Phi) is 4.67. The van der Waals surface area contributed by atoms with E-state index in [0.29, 0.717) is 0 Å². The molecule has 25 heavy (non-hydrogen) atoms. The Morgan fingerprint density at radius 2 is 2.24 bits per heavy atom. The fourth-order valence-electron chi connectivity index (χ4n) is 3.59. The Bertz CT molecular complexity index is 802. The molecule has 132 valence electrons. The van der Waals surface area contributed by atoms with Gasteiger partial charge in [-0.25, -0.2) is 4.98 Å². The molecule has 1 aliphatic heterocycles. The largest absolute Gasteiger partial charge is 0.347 e. The van der Waals surface area contributed by atoms with Crippen molar-refractivity contribution in [2.45, 2.75) is 37.8 Å². The van der Waals surface area contributed by atoms with Gasteiger partial charge in [-0.05, 0) is 25.0 Å². The number of aromatic nitrogens is 2. The van der Waals surface area contributed by atoms with E-state index < -0.39 is 0 Å². The molecule has 4 rings (SSSR count). The summed E-state index contributed by atoms with van der Waals surface area (Å²) in [7, 11) is 0. The lowest BCUT2D eigenvalue weighted by Crippen LogP contribution is -2.49. The molecule has 0 spiro atoms. The fourth-order valence-corrected chi connectivity index (χ4v) is 4.49. The standard InChI is InChI=1S/C18H23N5OS/c19-13-3-1-2-4-14(13)22-18(24)16-11-23(9-10-25-16)15-6-8-21-17-12(15)5-7-20-17/h5-8,11,13-14H,1-4,9-10,19H2,(H,20,21)(H,22,24). The molecule has 1 amide bonds. The Morgan fingerprint density at radius 1 is 1.36 bits per heavy atom. The van der Waals surface area contributed by atoms with Crippen molar-refractivity contribution in [3.8, 4) is 0 Å². The van der Waals surface area contributed by atoms with Crippen LogP contribution in [0.3, 0.4) is 0 Å². The van der Waals surface area contributed by atoms with Crippen LogP contribution in [-0.4, -0.2) is 40.3 Å². The zero-order valence-corrected chi connectivity index (χ0v) is 14.9. The number of H-pyrrole nitrogens is 1. The van der Waals surface area contributed by atoms with Crippen LogP contribution < -0.4 is 16.0 Å². The summed E-state index contributed by atoms with van der Waals surface area (Å²) in [6.45, 7) is 0.870. The first-order valence-electron chi connectivity index (χ1n) is 8.82. The first-order chi connectivity index (χ1) is 12.2. The van der Waals surface area contributed by atoms with Crippen molar-refractivity contribution in [1.82, 2.24) is 15.3 Å². The summed E-state index contributed by atoms with van der Waals surface area (Å²) in [5, 5.41) is 4.21. The van der Waals surface area contributed by atoms with E-state index in [4.69, 9.17) is 5.73 Å². The predicted molar refractivity (Wildman–Crippen MR) is 102 cm³/mol. The van der Waals surface area contributed by atoms with E-state index in [2.05, 4.69) is 20.2 Å². The maximum atomic E-state index is 12.7. The maximum Gasteiger partial charge on any atom is 0.259 e. The number of carbonyl (C=O) groups is 1. The van der Waals surface area contributed by atoms with Crippen LogP contribution in [-0.2, 0) is 4.79 Å². The Morgan fingerprint density at radius 3 is 3.12 bits per heavy atom. The average molecular weight is 357 g/mol. The van der Waals surface area contributed by atoms with Crippen molar-refractivity contribution in [2.75, 3.05) is 17.2 Å². The molecular weight excluding hydrogens is 334 g/mol. The van der Waals surface area contributed by atoms with Gasteiger partial charge < -0.3 is 20.9 Å². The lowest BCUT2D eigenvalue weighted by molar-refractivity contribution is -0.117. The van der Waals surface area contributed by atoms with E-state index in [1.54, 1.807) is 18.0 Å². The SMILES string of the molecule is NC1CCCCC1NC(=O)C1=CN(c2ccnc3[nH]ccc23)CCS1. The van der Waals surface area contributed by atoms with Crippen LogP contribution in [0.5, 0.6) is 0 Å². The highest BCUT2D eigenvalue weighted by Crippen LogP contribution is 2.30. The topological polar surface area (TPSA) is 87.0 Å². The summed E-state index contributed by atoms with van der Waals surface area (Å²) >= 11 is 1.61. The number of amides is 1. The minimum Gasteiger partial charge on any atom is -0.347 e. The van der Waals surface area contributed by atoms with Crippen molar-refractivity contribution in [2.24, 2.45) is 5.73 Å². The highest BCUT2D eigenvalue weighted by molar-refractivity contribution is 8.04. The second-order valence-electron chi connectivity index (χ2n) is 6.63. The van der Waals surface area contributed by atoms with E-state index in [-0.39, 0.29) is 18.0 Å². The molecule has 2 aromatic heterocycles. The number of pyridine rings is 1. The molecule has 0 aromatic carbocycles. The van der Waals surface area contributed by atoms with Gasteiger partial charge in [0.1, 0.15) is 5.65 Å². The number of fused-ring (bicyclic) bond motifs is 1. The predicted octanol–water partition coefficient (Wildman–Crippen LogP) is 2.34. The van der Waals surface area contributed by atoms with Crippen molar-refractivity contribution in [3.63, 3.8) is 0 Å². The summed E-state index contributed by atoms with van der Waals surface area (Å²) in [5.74, 6) is 0.876. The maximum absolute atomic E-state index is 12.7. The molecule has 2 atom stereocenters. The van der Waals surface area contributed by atoms with Crippen LogP contribution in [0.4, 0.5) is 5.69 Å². The number of hydrogen-bond acceptors (Lipinski definition) is 5. The van der Waals surface area contributed by atoms with Crippen LogP contribution in [0.2, 0.25) is 0 Å². The molecule has 2 aromatic rings. The minimum atomic E-state index is -0.00332. The summed E-state index contributed by atoms with van der Waals surface area (Å²) in [6.07, 6.45) is 9.91. The first-order valence-corrected chi connectivity index (χ1v) is 9.81. The number of anilines is 1. The van der Waals surface area contributed by atoms with Gasteiger partial charge in [-0.2, -0.15) is 0 Å². The molecule has 0 radical (unpaired) electrons. The average Bonchev–Trinajstić information content (AvgIpc) is 3.12. The fraction of sp³-hybridized carbons (Fsp3) is 0.444. The second-order valence-corrected chi connectivity index (χ2v) is 7.77. The molecule has 3 heterocycles. The lowest BCUT2D eigenvalue weighted by Gasteiger charge is -2.31. The van der Waals surface area contributed by atoms with Crippen LogP contribution in [0.1, 0.15) is 25.7 Å². The number of nitrogens with two attached hydrogens (primary N) is 1. The van der Waals surface area contributed by atoms with Crippen LogP contribution >= 0.6 is 11.8 Å². The molecule has 1 saturated carbocycles. The zero-order chi connectivity index (χ0) is 17.2. The number of aromatic amines is 1. The van der Waals surface area contributed by atoms with Gasteiger partial charge in [-0.1, -0.05) is 12.8 Å². The number of hydrogen-bond donors (Lipinski definition) is 3. The van der Waals surface area contributed by atoms with Crippen LogP contribution in [0, 0.1) is 0 Å². The Balaban J connectivity index is 1.54. The van der Waals surface area contributed by atoms with Crippen molar-refractivity contribution >= 4 is 34.4 Å². The summed E-state index contributed by atoms with van der Waals surface area (Å²) in [4.78, 5) is 23.1. The number of rotatable bonds is 3. The molecule has 1 fully saturated rings. The van der Waals surface area contributed by atoms with Gasteiger partial charge in [0.05, 0.1) is 10.6 Å². The third-order valence-electron chi connectivity index (χ3n) is 4.97. The van der Waals surface area contributed by atoms with Crippen LogP contribution in [0.15, 0.2) is 35.6 Å². The second kappa shape index (κ2) is 7.09. The number of nitrogens with zero attached hydrogens (tertiary/aromatic N) is 2. The first kappa shape index (κ1) is 16.5. The molecule has 6 nitrogen and oxygen atoms in total. The van der Waals surface area contributed by atoms with Gasteiger partial charge in [0, 0.05) is 48.4 Å². The van der Waals surface area contributed by atoms with E-state index in [1.165, 1.54) is 0 Å². The number of thioether (sulfide) groups is 1. The quantitative estimate of drug-likeness (QED) is 0.785.